The van der Waals surface area contributed by atoms with Gasteiger partial charge in [-0.15, -0.1) is 0 Å². The second kappa shape index (κ2) is 40.9. The van der Waals surface area contributed by atoms with Crippen molar-refractivity contribution in [3.63, 3.8) is 0 Å². The Bertz CT molecular complexity index is 3080. The predicted molar refractivity (Wildman–Crippen MR) is 354 cm³/mol. The van der Waals surface area contributed by atoms with Gasteiger partial charge in [-0.3, -0.25) is 24.0 Å². The van der Waals surface area contributed by atoms with Crippen LogP contribution in [0.3, 0.4) is 0 Å². The minimum Gasteiger partial charge on any atom is -0.394 e. The molecule has 9 heterocycles. The molecule has 0 aromatic heterocycles. The summed E-state index contributed by atoms with van der Waals surface area (Å²) in [4.78, 5) is 63.7. The summed E-state index contributed by atoms with van der Waals surface area (Å²) in [5.74, 6) is -4.47. The first kappa shape index (κ1) is 93.6. The number of aliphatic hydroxyl groups is 23. The van der Waals surface area contributed by atoms with E-state index in [9.17, 15) is 141 Å². The molecule has 50 nitrogen and oxygen atoms in total. The SMILES string of the molecule is CC(=O)N[C@@H]1[C@@H](O)[C@H](O[C@@H]2O[C@H](CO)[C@@H](O[C@@H]3O[C@H](CO[C@H]4O[C@H](CO)[C@@H](O)[C@H](O)[C@@H]4O[C@@H]4O[C@H](CO)[C@@H](O)[C@H](O)[C@H]4NC(C)=O)[C@@H](O)[C@H](O[C@H]4O[C@H](CO)[C@@H](O[C@@H]5O[C@H](CO)[C@@H](O)[C@H](O)[C@H]5NC(C)=O)[C@H](O)[C@@H]4O[C@@H]4O[C@H](CO)[C@@H](O)[C@H](O[C@@H]5O[C@@H](C)[C@@H](O)[C@@H](O)[C@@H]5O)[C@H]4NC(C)=O)[C@@H]3O)[C@H](O)[C@H]2NC(C)=O)[C@@H](CO)O[C@H]1O. The molecule has 0 unspecified atom stereocenters. The number of carbonyl (C=O) groups excluding carboxylic acids is 5. The maximum absolute atomic E-state index is 13.3. The van der Waals surface area contributed by atoms with Crippen molar-refractivity contribution in [2.75, 3.05) is 52.9 Å². The van der Waals surface area contributed by atoms with E-state index in [1.54, 1.807) is 0 Å². The maximum Gasteiger partial charge on any atom is 0.217 e. The quantitative estimate of drug-likeness (QED) is 0.0331. The van der Waals surface area contributed by atoms with Crippen LogP contribution in [0.4, 0.5) is 0 Å². The third-order valence-electron chi connectivity index (χ3n) is 20.7. The first-order chi connectivity index (χ1) is 53.9. The summed E-state index contributed by atoms with van der Waals surface area (Å²) in [6.07, 6.45) is -83.3. The fourth-order valence-corrected chi connectivity index (χ4v) is 14.8. The topological polar surface area (TPSA) is 768 Å². The molecule has 0 aromatic carbocycles. The number of nitrogens with one attached hydrogen (secondary N) is 5. The summed E-state index contributed by atoms with van der Waals surface area (Å²) >= 11 is 0. The Morgan fingerprint density at radius 2 is 0.553 bits per heavy atom. The molecular formula is C64H107N5O45. The molecule has 45 atom stereocenters. The van der Waals surface area contributed by atoms with E-state index < -0.39 is 358 Å². The van der Waals surface area contributed by atoms with Crippen LogP contribution in [-0.4, -0.2) is 476 Å². The molecule has 0 aromatic rings. The smallest absolute Gasteiger partial charge is 0.217 e. The molecule has 0 bridgehead atoms. The second-order valence-corrected chi connectivity index (χ2v) is 28.9. The van der Waals surface area contributed by atoms with Crippen molar-refractivity contribution < 1.29 is 222 Å². The molecule has 9 rings (SSSR count). The Labute approximate surface area is 646 Å². The van der Waals surface area contributed by atoms with Crippen molar-refractivity contribution in [3.05, 3.63) is 0 Å². The van der Waals surface area contributed by atoms with Crippen molar-refractivity contribution in [2.45, 2.75) is 318 Å². The first-order valence-electron chi connectivity index (χ1n) is 36.5. The van der Waals surface area contributed by atoms with E-state index in [2.05, 4.69) is 26.6 Å². The fourth-order valence-electron chi connectivity index (χ4n) is 14.8. The maximum atomic E-state index is 13.3. The number of hydrogen-bond acceptors (Lipinski definition) is 45. The molecule has 0 saturated carbocycles. The van der Waals surface area contributed by atoms with Crippen LogP contribution in [0.1, 0.15) is 41.5 Å². The molecule has 114 heavy (non-hydrogen) atoms. The molecule has 28 N–H and O–H groups in total. The van der Waals surface area contributed by atoms with Crippen LogP contribution >= 0.6 is 0 Å². The van der Waals surface area contributed by atoms with Gasteiger partial charge >= 0.3 is 0 Å². The molecular weight excluding hydrogens is 1560 g/mol. The zero-order valence-corrected chi connectivity index (χ0v) is 61.9. The average Bonchev–Trinajstić information content (AvgIpc) is 0.761. The van der Waals surface area contributed by atoms with Gasteiger partial charge in [0, 0.05) is 34.6 Å². The molecule has 5 amide bonds. The summed E-state index contributed by atoms with van der Waals surface area (Å²) < 4.78 is 103. The highest BCUT2D eigenvalue weighted by molar-refractivity contribution is 5.75. The van der Waals surface area contributed by atoms with Crippen LogP contribution in [0.25, 0.3) is 0 Å². The summed E-state index contributed by atoms with van der Waals surface area (Å²) in [5, 5.41) is 271. The van der Waals surface area contributed by atoms with E-state index in [0.717, 1.165) is 34.6 Å². The highest BCUT2D eigenvalue weighted by Gasteiger charge is 2.62. The molecule has 9 aliphatic rings. The van der Waals surface area contributed by atoms with Gasteiger partial charge < -0.3 is 225 Å². The van der Waals surface area contributed by atoms with Crippen molar-refractivity contribution in [3.8, 4) is 0 Å². The van der Waals surface area contributed by atoms with E-state index in [-0.39, 0.29) is 0 Å². The van der Waals surface area contributed by atoms with Crippen molar-refractivity contribution in [2.24, 2.45) is 0 Å². The molecule has 9 aliphatic heterocycles. The second-order valence-electron chi connectivity index (χ2n) is 28.9. The van der Waals surface area contributed by atoms with E-state index >= 15 is 0 Å². The van der Waals surface area contributed by atoms with Gasteiger partial charge in [0.2, 0.25) is 29.5 Å². The lowest BCUT2D eigenvalue weighted by Gasteiger charge is -2.52. The highest BCUT2D eigenvalue weighted by atomic mass is 16.8. The molecule has 9 fully saturated rings. The monoisotopic (exact) mass is 1670 g/mol. The predicted octanol–water partition coefficient (Wildman–Crippen LogP) is -18.9. The largest absolute Gasteiger partial charge is 0.394 e. The minimum absolute atomic E-state index is 0.792. The summed E-state index contributed by atoms with van der Waals surface area (Å²) in [6.45, 7) is -2.91. The van der Waals surface area contributed by atoms with E-state index in [0.29, 0.717) is 0 Å². The van der Waals surface area contributed by atoms with Crippen molar-refractivity contribution in [1.82, 2.24) is 26.6 Å². The molecule has 658 valence electrons. The van der Waals surface area contributed by atoms with E-state index in [4.69, 9.17) is 80.5 Å². The van der Waals surface area contributed by atoms with Gasteiger partial charge in [0.1, 0.15) is 213 Å². The number of ether oxygens (including phenoxy) is 17. The molecule has 0 spiro atoms. The average molecular weight is 1670 g/mol. The minimum atomic E-state index is -2.63. The van der Waals surface area contributed by atoms with Gasteiger partial charge in [0.25, 0.3) is 0 Å². The van der Waals surface area contributed by atoms with Crippen LogP contribution < -0.4 is 26.6 Å². The van der Waals surface area contributed by atoms with Gasteiger partial charge in [0.05, 0.1) is 59.0 Å². The van der Waals surface area contributed by atoms with Crippen LogP contribution in [0, 0.1) is 0 Å². The zero-order valence-electron chi connectivity index (χ0n) is 61.9. The number of amides is 5. The highest BCUT2D eigenvalue weighted by Crippen LogP contribution is 2.41. The van der Waals surface area contributed by atoms with Crippen LogP contribution in [-0.2, 0) is 104 Å². The van der Waals surface area contributed by atoms with Gasteiger partial charge in [-0.25, -0.2) is 0 Å². The zero-order chi connectivity index (χ0) is 84.1. The molecule has 0 radical (unpaired) electrons. The molecule has 9 saturated heterocycles. The Morgan fingerprint density at radius 1 is 0.246 bits per heavy atom. The standard InChI is InChI=1S/C64H107N5O45/c1-15-34(82)44(92)46(94)61(99-15)111-52-33(69-20(6)81)60(103-24(10-73)38(52)86)114-55-47(95)51(109-57-30(66-17(3)78)40(88)35(83)21(7-70)101-57)27(13-76)106-64(55)112-53-39(87)28(14-98-63-54(45(93)37(85)23(9-72)104-63)113-58-31(67-18(4)79)41(89)36(84)22(8-71)102-58)107-62(48(53)96)110-50-26(12-75)105-59(32(43(50)91)68-19(5)80)108-49-25(11-74)100-56(97)29(42(49)90)65-16(2)77/h15,21-64,70-76,82-97H,7-14H2,1-6H3,(H,65,77)(H,66,78)(H,67,79)(H,68,80)(H,69,81)/t15-,21+,22+,23+,24+,25+,26+,27+,28+,29+,30+,31+,32+,33+,34+,35+,36+,37+,38+,39+,40+,41+,42+,43+,44+,45-,46-,47-,48-,49+,50+,51+,52+,53-,54-,55-,56+,57-,58-,59-,60-,61-,62-,63-,64+/m0/s1. The number of carbonyl (C=O) groups is 5. The Hall–Kier alpha value is -4.25. The van der Waals surface area contributed by atoms with Gasteiger partial charge in [-0.1, -0.05) is 0 Å². The van der Waals surface area contributed by atoms with Gasteiger partial charge in [0.15, 0.2) is 56.6 Å². The summed E-state index contributed by atoms with van der Waals surface area (Å²) in [7, 11) is 0. The lowest BCUT2D eigenvalue weighted by molar-refractivity contribution is -0.405. The summed E-state index contributed by atoms with van der Waals surface area (Å²) in [6, 6.07) is -9.16. The number of rotatable bonds is 29. The Kier molecular flexibility index (Phi) is 33.6. The molecule has 50 heteroatoms. The molecule has 0 aliphatic carbocycles. The first-order valence-corrected chi connectivity index (χ1v) is 36.5. The van der Waals surface area contributed by atoms with Crippen molar-refractivity contribution >= 4 is 29.5 Å². The number of aliphatic hydroxyl groups excluding tert-OH is 23. The third kappa shape index (κ3) is 20.8. The van der Waals surface area contributed by atoms with Crippen LogP contribution in [0.15, 0.2) is 0 Å². The normalized spacial score (nSPS) is 48.2. The van der Waals surface area contributed by atoms with Gasteiger partial charge in [-0.2, -0.15) is 0 Å². The Morgan fingerprint density at radius 3 is 1.02 bits per heavy atom. The lowest BCUT2D eigenvalue weighted by atomic mass is 9.93. The van der Waals surface area contributed by atoms with E-state index in [1.807, 2.05) is 0 Å². The Balaban J connectivity index is 1.13. The third-order valence-corrected chi connectivity index (χ3v) is 20.7. The van der Waals surface area contributed by atoms with Gasteiger partial charge in [-0.05, 0) is 6.92 Å². The van der Waals surface area contributed by atoms with Crippen molar-refractivity contribution in [1.29, 1.82) is 0 Å². The fraction of sp³-hybridized carbons (Fsp3) is 0.922. The summed E-state index contributed by atoms with van der Waals surface area (Å²) in [5.41, 5.74) is 0. The van der Waals surface area contributed by atoms with E-state index in [1.165, 1.54) is 6.92 Å². The van der Waals surface area contributed by atoms with Crippen LogP contribution in [0.2, 0.25) is 0 Å². The van der Waals surface area contributed by atoms with Crippen LogP contribution in [0.5, 0.6) is 0 Å². The number of hydrogen-bond donors (Lipinski definition) is 28. The lowest BCUT2D eigenvalue weighted by Crippen LogP contribution is -2.71.